The maximum atomic E-state index is 12.4. The van der Waals surface area contributed by atoms with Crippen LogP contribution in [0.5, 0.6) is 0 Å². The minimum atomic E-state index is -1.33. The van der Waals surface area contributed by atoms with Gasteiger partial charge in [0, 0.05) is 18.5 Å². The fraction of sp³-hybridized carbons (Fsp3) is 0.200. The van der Waals surface area contributed by atoms with E-state index in [0.29, 0.717) is 0 Å². The summed E-state index contributed by atoms with van der Waals surface area (Å²) < 4.78 is 5.38. The highest BCUT2D eigenvalue weighted by Gasteiger charge is 2.30. The number of alkyl carbamates (subject to hydrolysis) is 1. The van der Waals surface area contributed by atoms with Crippen molar-refractivity contribution >= 4 is 29.1 Å². The highest BCUT2D eigenvalue weighted by Crippen LogP contribution is 2.44. The molecule has 0 aliphatic heterocycles. The Morgan fingerprint density at radius 3 is 2.14 bits per heavy atom. The standard InChI is InChI=1S/C25H22N4O8/c30-24(31)22(11-12-26-21-10-9-15(28(33)34)13-23(21)29(35)36)27-25(32)37-14-20-18-7-3-1-5-16(18)17-6-2-4-8-19(17)20/h1-10,13,20,22,26H,11-12,14H2,(H,27,32)(H,30,31)/t22-/m1/s1. The number of carbonyl (C=O) groups excluding carboxylic acids is 1. The Labute approximate surface area is 210 Å². The van der Waals surface area contributed by atoms with Crippen LogP contribution in [0.3, 0.4) is 0 Å². The number of fused-ring (bicyclic) bond motifs is 3. The summed E-state index contributed by atoms with van der Waals surface area (Å²) in [7, 11) is 0. The molecular formula is C25H22N4O8. The summed E-state index contributed by atoms with van der Waals surface area (Å²) in [5.41, 5.74) is 3.16. The van der Waals surface area contributed by atoms with Gasteiger partial charge in [-0.3, -0.25) is 20.2 Å². The lowest BCUT2D eigenvalue weighted by molar-refractivity contribution is -0.393. The lowest BCUT2D eigenvalue weighted by Crippen LogP contribution is -2.42. The lowest BCUT2D eigenvalue weighted by Gasteiger charge is -2.18. The van der Waals surface area contributed by atoms with Gasteiger partial charge in [0.15, 0.2) is 0 Å². The van der Waals surface area contributed by atoms with Gasteiger partial charge in [-0.2, -0.15) is 0 Å². The molecule has 4 rings (SSSR count). The first-order valence-corrected chi connectivity index (χ1v) is 11.3. The topological polar surface area (TPSA) is 174 Å². The van der Waals surface area contributed by atoms with Crippen molar-refractivity contribution in [3.05, 3.63) is 98.1 Å². The molecule has 12 nitrogen and oxygen atoms in total. The minimum Gasteiger partial charge on any atom is -0.480 e. The molecule has 0 radical (unpaired) electrons. The van der Waals surface area contributed by atoms with Crippen LogP contribution in [0.15, 0.2) is 66.7 Å². The molecule has 12 heteroatoms. The smallest absolute Gasteiger partial charge is 0.407 e. The van der Waals surface area contributed by atoms with Gasteiger partial charge < -0.3 is 20.5 Å². The van der Waals surface area contributed by atoms with Gasteiger partial charge in [-0.1, -0.05) is 48.5 Å². The molecule has 0 unspecified atom stereocenters. The molecule has 3 aromatic rings. The number of carbonyl (C=O) groups is 2. The van der Waals surface area contributed by atoms with Crippen LogP contribution in [0.4, 0.5) is 21.9 Å². The molecule has 0 heterocycles. The monoisotopic (exact) mass is 506 g/mol. The van der Waals surface area contributed by atoms with E-state index in [1.807, 2.05) is 48.5 Å². The number of aliphatic carboxylic acids is 1. The second-order valence-electron chi connectivity index (χ2n) is 8.29. The van der Waals surface area contributed by atoms with E-state index in [1.165, 1.54) is 6.07 Å². The van der Waals surface area contributed by atoms with Crippen molar-refractivity contribution in [2.24, 2.45) is 0 Å². The van der Waals surface area contributed by atoms with Crippen molar-refractivity contribution in [3.8, 4) is 11.1 Å². The summed E-state index contributed by atoms with van der Waals surface area (Å²) in [6.07, 6.45) is -1.04. The van der Waals surface area contributed by atoms with Crippen LogP contribution < -0.4 is 10.6 Å². The zero-order valence-corrected chi connectivity index (χ0v) is 19.3. The summed E-state index contributed by atoms with van der Waals surface area (Å²) in [6.45, 7) is -0.0568. The van der Waals surface area contributed by atoms with Gasteiger partial charge in [-0.25, -0.2) is 9.59 Å². The highest BCUT2D eigenvalue weighted by molar-refractivity contribution is 5.81. The molecule has 190 valence electrons. The van der Waals surface area contributed by atoms with Crippen LogP contribution in [0.2, 0.25) is 0 Å². The molecule has 0 saturated heterocycles. The Hall–Kier alpha value is -5.00. The van der Waals surface area contributed by atoms with Crippen molar-refractivity contribution < 1.29 is 29.3 Å². The van der Waals surface area contributed by atoms with E-state index in [4.69, 9.17) is 4.74 Å². The molecule has 1 aliphatic rings. The van der Waals surface area contributed by atoms with Crippen molar-refractivity contribution in [2.45, 2.75) is 18.4 Å². The number of carboxylic acids is 1. The quantitative estimate of drug-likeness (QED) is 0.267. The maximum Gasteiger partial charge on any atom is 0.407 e. The zero-order valence-electron chi connectivity index (χ0n) is 19.3. The first kappa shape index (κ1) is 25.1. The molecule has 1 amide bonds. The van der Waals surface area contributed by atoms with E-state index < -0.39 is 39.3 Å². The average molecular weight is 506 g/mol. The second kappa shape index (κ2) is 10.7. The molecule has 0 aromatic heterocycles. The third-order valence-electron chi connectivity index (χ3n) is 6.07. The fourth-order valence-electron chi connectivity index (χ4n) is 4.33. The van der Waals surface area contributed by atoms with Crippen molar-refractivity contribution in [3.63, 3.8) is 0 Å². The van der Waals surface area contributed by atoms with Crippen LogP contribution >= 0.6 is 0 Å². The van der Waals surface area contributed by atoms with Crippen LogP contribution in [0.25, 0.3) is 11.1 Å². The molecular weight excluding hydrogens is 484 g/mol. The van der Waals surface area contributed by atoms with Gasteiger partial charge in [0.2, 0.25) is 0 Å². The minimum absolute atomic E-state index is 0.0131. The van der Waals surface area contributed by atoms with Crippen molar-refractivity contribution in [1.29, 1.82) is 0 Å². The second-order valence-corrected chi connectivity index (χ2v) is 8.29. The van der Waals surface area contributed by atoms with Gasteiger partial charge in [-0.15, -0.1) is 0 Å². The van der Waals surface area contributed by atoms with Crippen molar-refractivity contribution in [1.82, 2.24) is 5.32 Å². The van der Waals surface area contributed by atoms with E-state index in [2.05, 4.69) is 10.6 Å². The molecule has 0 bridgehead atoms. The Morgan fingerprint density at radius 1 is 0.946 bits per heavy atom. The number of nitrogens with one attached hydrogen (secondary N) is 2. The first-order valence-electron chi connectivity index (χ1n) is 11.3. The van der Waals surface area contributed by atoms with Crippen LogP contribution in [0.1, 0.15) is 23.5 Å². The van der Waals surface area contributed by atoms with Crippen LogP contribution in [-0.2, 0) is 9.53 Å². The normalized spacial score (nSPS) is 12.6. The summed E-state index contributed by atoms with van der Waals surface area (Å²) in [5, 5.41) is 36.7. The molecule has 0 fully saturated rings. The zero-order chi connectivity index (χ0) is 26.5. The number of rotatable bonds is 10. The van der Waals surface area contributed by atoms with Crippen LogP contribution in [-0.4, -0.2) is 46.2 Å². The molecule has 0 spiro atoms. The van der Waals surface area contributed by atoms with Gasteiger partial charge in [-0.05, 0) is 34.7 Å². The number of anilines is 1. The summed E-state index contributed by atoms with van der Waals surface area (Å²) >= 11 is 0. The van der Waals surface area contributed by atoms with Gasteiger partial charge >= 0.3 is 12.1 Å². The number of hydrogen-bond acceptors (Lipinski definition) is 8. The Kier molecular flexibility index (Phi) is 7.28. The number of amides is 1. The maximum absolute atomic E-state index is 12.4. The number of benzene rings is 3. The molecule has 1 atom stereocenters. The predicted molar refractivity (Wildman–Crippen MR) is 132 cm³/mol. The summed E-state index contributed by atoms with van der Waals surface area (Å²) in [4.78, 5) is 44.7. The summed E-state index contributed by atoms with van der Waals surface area (Å²) in [5.74, 6) is -1.50. The largest absolute Gasteiger partial charge is 0.480 e. The number of carboxylic acid groups (broad SMARTS) is 1. The number of nitro groups is 2. The van der Waals surface area contributed by atoms with E-state index in [1.54, 1.807) is 0 Å². The van der Waals surface area contributed by atoms with Gasteiger partial charge in [0.1, 0.15) is 18.3 Å². The highest BCUT2D eigenvalue weighted by atomic mass is 16.6. The average Bonchev–Trinajstić information content (AvgIpc) is 3.20. The predicted octanol–water partition coefficient (Wildman–Crippen LogP) is 4.30. The summed E-state index contributed by atoms with van der Waals surface area (Å²) in [6, 6.07) is 17.3. The van der Waals surface area contributed by atoms with Gasteiger partial charge in [0.05, 0.1) is 15.9 Å². The lowest BCUT2D eigenvalue weighted by atomic mass is 9.98. The number of nitrogens with zero attached hydrogens (tertiary/aromatic N) is 2. The number of hydrogen-bond donors (Lipinski definition) is 3. The molecule has 37 heavy (non-hydrogen) atoms. The first-order chi connectivity index (χ1) is 17.8. The SMILES string of the molecule is O=C(N[C@H](CCNc1ccc([N+](=O)[O-])cc1[N+](=O)[O-])C(=O)O)OCC1c2ccccc2-c2ccccc21. The van der Waals surface area contributed by atoms with E-state index in [9.17, 15) is 34.9 Å². The number of non-ortho nitro benzene ring substituents is 1. The molecule has 1 aliphatic carbocycles. The third-order valence-corrected chi connectivity index (χ3v) is 6.07. The Balaban J connectivity index is 1.35. The van der Waals surface area contributed by atoms with E-state index in [-0.39, 0.29) is 31.2 Å². The third kappa shape index (κ3) is 5.48. The Morgan fingerprint density at radius 2 is 1.57 bits per heavy atom. The number of nitro benzene ring substituents is 2. The van der Waals surface area contributed by atoms with E-state index in [0.717, 1.165) is 34.4 Å². The fourth-order valence-corrected chi connectivity index (χ4v) is 4.33. The van der Waals surface area contributed by atoms with Crippen LogP contribution in [0, 0.1) is 20.2 Å². The van der Waals surface area contributed by atoms with Crippen molar-refractivity contribution in [2.75, 3.05) is 18.5 Å². The molecule has 3 aromatic carbocycles. The number of ether oxygens (including phenoxy) is 1. The van der Waals surface area contributed by atoms with E-state index >= 15 is 0 Å². The molecule has 0 saturated carbocycles. The van der Waals surface area contributed by atoms with Gasteiger partial charge in [0.25, 0.3) is 11.4 Å². The molecule has 3 N–H and O–H groups in total. The Bertz CT molecular complexity index is 1330.